The van der Waals surface area contributed by atoms with Crippen molar-refractivity contribution in [2.24, 2.45) is 29.6 Å². The molecular formula is C42H52N4O11. The highest BCUT2D eigenvalue weighted by Gasteiger charge is 2.46. The predicted octanol–water partition coefficient (Wildman–Crippen LogP) is 3.44. The summed E-state index contributed by atoms with van der Waals surface area (Å²) in [6.07, 6.45) is 9.78. The number of fused-ring (bicyclic) bond motifs is 2. The number of aliphatic hydroxyl groups excluding tert-OH is 1. The Morgan fingerprint density at radius 1 is 1.00 bits per heavy atom. The first-order chi connectivity index (χ1) is 27.4. The highest BCUT2D eigenvalue weighted by molar-refractivity contribution is 6.24. The van der Waals surface area contributed by atoms with Gasteiger partial charge in [0, 0.05) is 38.4 Å². The summed E-state index contributed by atoms with van der Waals surface area (Å²) in [6, 6.07) is 3.43. The number of nitrogens with one attached hydrogen (secondary N) is 2. The van der Waals surface area contributed by atoms with E-state index in [9.17, 15) is 38.7 Å². The fraction of sp³-hybridized carbons (Fsp3) is 0.595. The van der Waals surface area contributed by atoms with E-state index in [2.05, 4.69) is 42.7 Å². The second-order valence-corrected chi connectivity index (χ2v) is 16.5. The second kappa shape index (κ2) is 17.2. The topological polar surface area (TPSA) is 198 Å². The fourth-order valence-corrected chi connectivity index (χ4v) is 9.50. The average molecular weight is 789 g/mol. The molecule has 1 aromatic carbocycles. The van der Waals surface area contributed by atoms with Crippen LogP contribution >= 0.6 is 0 Å². The molecule has 306 valence electrons. The van der Waals surface area contributed by atoms with Gasteiger partial charge in [0.2, 0.25) is 11.8 Å². The third-order valence-corrected chi connectivity index (χ3v) is 12.5. The van der Waals surface area contributed by atoms with Gasteiger partial charge in [-0.25, -0.2) is 4.79 Å². The SMILES string of the molecule is C[C@H]1C=C2C=C[C@H](C)[C@H](CC[C@@H]3C[C@@H](O)CC(=O)O3)[C@H]2[C@@H](OC(=O)NCCC2CCN(C(=O)COc3cccc4c3C(=O)N(C3CCC(=O)NC3=O)C4=O)CC2)C1. The van der Waals surface area contributed by atoms with Crippen LogP contribution in [-0.4, -0.2) is 107 Å². The summed E-state index contributed by atoms with van der Waals surface area (Å²) in [5.74, 6) is -2.05. The summed E-state index contributed by atoms with van der Waals surface area (Å²) in [5, 5.41) is 15.2. The molecule has 3 saturated heterocycles. The smallest absolute Gasteiger partial charge is 0.407 e. The first-order valence-corrected chi connectivity index (χ1v) is 20.3. The molecule has 0 saturated carbocycles. The Bertz CT molecular complexity index is 1850. The first-order valence-electron chi connectivity index (χ1n) is 20.3. The van der Waals surface area contributed by atoms with Gasteiger partial charge in [0.1, 0.15) is 24.0 Å². The van der Waals surface area contributed by atoms with Crippen molar-refractivity contribution in [1.29, 1.82) is 0 Å². The molecule has 6 aliphatic rings. The van der Waals surface area contributed by atoms with Crippen LogP contribution in [0.15, 0.2) is 42.0 Å². The molecular weight excluding hydrogens is 736 g/mol. The number of piperidine rings is 2. The number of hydrogen-bond donors (Lipinski definition) is 3. The molecule has 4 aliphatic heterocycles. The third kappa shape index (κ3) is 8.93. The number of amides is 6. The molecule has 0 radical (unpaired) electrons. The van der Waals surface area contributed by atoms with Gasteiger partial charge >= 0.3 is 12.1 Å². The van der Waals surface area contributed by atoms with Crippen LogP contribution in [0.25, 0.3) is 0 Å². The lowest BCUT2D eigenvalue weighted by molar-refractivity contribution is -0.160. The summed E-state index contributed by atoms with van der Waals surface area (Å²) in [6.45, 7) is 5.41. The van der Waals surface area contributed by atoms with E-state index in [1.54, 1.807) is 11.0 Å². The predicted molar refractivity (Wildman–Crippen MR) is 202 cm³/mol. The van der Waals surface area contributed by atoms with Gasteiger partial charge in [0.15, 0.2) is 6.61 Å². The lowest BCUT2D eigenvalue weighted by atomic mass is 9.65. The van der Waals surface area contributed by atoms with Crippen molar-refractivity contribution in [3.05, 3.63) is 53.1 Å². The van der Waals surface area contributed by atoms with Crippen molar-refractivity contribution in [3.63, 3.8) is 0 Å². The number of imide groups is 2. The molecule has 1 aromatic rings. The zero-order valence-corrected chi connectivity index (χ0v) is 32.5. The van der Waals surface area contributed by atoms with Crippen LogP contribution in [0.2, 0.25) is 0 Å². The van der Waals surface area contributed by atoms with E-state index in [4.69, 9.17) is 14.2 Å². The standard InChI is InChI=1S/C42H52N4O11/c1-23-18-26-7-6-24(2)29(9-8-28-20-27(47)21-36(50)56-28)37(26)33(19-23)57-42(54)43-15-12-25-13-16-45(17-14-25)35(49)22-55-32-5-3-4-30-38(32)41(53)46(40(30)52)31-10-11-34(48)44-39(31)51/h3-7,18,23-25,27-29,31,33,37,47H,8-17,19-22H2,1-2H3,(H,43,54)(H,44,48,51)/t23-,24-,27+,28+,29-,31?,33-,37-/m0/s1. The largest absolute Gasteiger partial charge is 0.483 e. The minimum Gasteiger partial charge on any atom is -0.483 e. The number of hydrogen-bond acceptors (Lipinski definition) is 11. The second-order valence-electron chi connectivity index (χ2n) is 16.5. The van der Waals surface area contributed by atoms with Gasteiger partial charge in [-0.1, -0.05) is 38.1 Å². The number of alkyl carbamates (subject to hydrolysis) is 1. The van der Waals surface area contributed by atoms with E-state index in [1.807, 2.05) is 0 Å². The number of aliphatic hydroxyl groups is 1. The number of likely N-dealkylation sites (tertiary alicyclic amines) is 1. The zero-order valence-electron chi connectivity index (χ0n) is 32.5. The molecule has 8 atom stereocenters. The average Bonchev–Trinajstić information content (AvgIpc) is 3.42. The van der Waals surface area contributed by atoms with Gasteiger partial charge in [-0.2, -0.15) is 0 Å². The number of nitrogens with zero attached hydrogens (tertiary/aromatic N) is 2. The minimum absolute atomic E-state index is 0.00498. The molecule has 57 heavy (non-hydrogen) atoms. The summed E-state index contributed by atoms with van der Waals surface area (Å²) in [4.78, 5) is 91.3. The maximum Gasteiger partial charge on any atom is 0.407 e. The Kier molecular flexibility index (Phi) is 12.1. The summed E-state index contributed by atoms with van der Waals surface area (Å²) in [5.41, 5.74) is 1.25. The Labute approximate surface area is 331 Å². The van der Waals surface area contributed by atoms with E-state index in [0.717, 1.165) is 30.6 Å². The number of carbonyl (C=O) groups excluding carboxylic acids is 7. The molecule has 0 bridgehead atoms. The van der Waals surface area contributed by atoms with E-state index in [-0.39, 0.29) is 90.5 Å². The lowest BCUT2D eigenvalue weighted by Gasteiger charge is -2.43. The van der Waals surface area contributed by atoms with Crippen molar-refractivity contribution < 1.29 is 52.9 Å². The number of benzene rings is 1. The number of carbonyl (C=O) groups is 7. The zero-order chi connectivity index (χ0) is 40.4. The normalized spacial score (nSPS) is 30.2. The van der Waals surface area contributed by atoms with Crippen LogP contribution in [0.4, 0.5) is 4.79 Å². The summed E-state index contributed by atoms with van der Waals surface area (Å²) in [7, 11) is 0. The van der Waals surface area contributed by atoms with Crippen LogP contribution in [0, 0.1) is 29.6 Å². The molecule has 4 heterocycles. The number of rotatable bonds is 11. The van der Waals surface area contributed by atoms with Crippen LogP contribution in [-0.2, 0) is 28.7 Å². The number of esters is 1. The molecule has 1 unspecified atom stereocenters. The van der Waals surface area contributed by atoms with E-state index in [1.165, 1.54) is 17.7 Å². The van der Waals surface area contributed by atoms with Crippen LogP contribution in [0.3, 0.4) is 0 Å². The minimum atomic E-state index is -1.10. The Hall–Kier alpha value is -5.05. The van der Waals surface area contributed by atoms with E-state index < -0.39 is 41.9 Å². The first kappa shape index (κ1) is 40.2. The maximum absolute atomic E-state index is 13.4. The van der Waals surface area contributed by atoms with Gasteiger partial charge < -0.3 is 29.5 Å². The number of allylic oxidation sites excluding steroid dienone is 3. The molecule has 7 rings (SSSR count). The molecule has 0 spiro atoms. The van der Waals surface area contributed by atoms with Gasteiger partial charge in [0.25, 0.3) is 17.7 Å². The van der Waals surface area contributed by atoms with Gasteiger partial charge in [-0.15, -0.1) is 0 Å². The van der Waals surface area contributed by atoms with Gasteiger partial charge in [-0.3, -0.25) is 39.0 Å². The quantitative estimate of drug-likeness (QED) is 0.219. The molecule has 6 amide bonds. The van der Waals surface area contributed by atoms with Crippen LogP contribution in [0.5, 0.6) is 5.75 Å². The highest BCUT2D eigenvalue weighted by Crippen LogP contribution is 2.45. The summed E-state index contributed by atoms with van der Waals surface area (Å²) < 4.78 is 17.5. The fourth-order valence-electron chi connectivity index (χ4n) is 9.50. The Morgan fingerprint density at radius 3 is 2.54 bits per heavy atom. The van der Waals surface area contributed by atoms with Crippen molar-refractivity contribution in [3.8, 4) is 5.75 Å². The monoisotopic (exact) mass is 788 g/mol. The number of cyclic esters (lactones) is 1. The highest BCUT2D eigenvalue weighted by atomic mass is 16.6. The molecule has 15 heteroatoms. The van der Waals surface area contributed by atoms with Crippen LogP contribution < -0.4 is 15.4 Å². The Morgan fingerprint density at radius 2 is 1.79 bits per heavy atom. The summed E-state index contributed by atoms with van der Waals surface area (Å²) >= 11 is 0. The van der Waals surface area contributed by atoms with Crippen molar-refractivity contribution in [1.82, 2.24) is 20.4 Å². The van der Waals surface area contributed by atoms with E-state index >= 15 is 0 Å². The number of ether oxygens (including phenoxy) is 3. The van der Waals surface area contributed by atoms with Gasteiger partial charge in [0.05, 0.1) is 23.7 Å². The molecule has 15 nitrogen and oxygen atoms in total. The maximum atomic E-state index is 13.4. The molecule has 0 aromatic heterocycles. The van der Waals surface area contributed by atoms with E-state index in [0.29, 0.717) is 44.8 Å². The molecule has 3 N–H and O–H groups in total. The van der Waals surface area contributed by atoms with Crippen molar-refractivity contribution >= 4 is 41.6 Å². The van der Waals surface area contributed by atoms with Crippen LogP contribution in [0.1, 0.15) is 98.8 Å². The van der Waals surface area contributed by atoms with Crippen molar-refractivity contribution in [2.75, 3.05) is 26.2 Å². The van der Waals surface area contributed by atoms with Gasteiger partial charge in [-0.05, 0) is 86.3 Å². The third-order valence-electron chi connectivity index (χ3n) is 12.5. The lowest BCUT2D eigenvalue weighted by Crippen LogP contribution is -2.54. The molecule has 3 fully saturated rings. The Balaban J connectivity index is 0.853. The molecule has 2 aliphatic carbocycles. The van der Waals surface area contributed by atoms with Crippen molar-refractivity contribution in [2.45, 2.75) is 102 Å².